The molecule has 2 aliphatic rings. The van der Waals surface area contributed by atoms with Gasteiger partial charge in [0.25, 0.3) is 0 Å². The van der Waals surface area contributed by atoms with E-state index in [4.69, 9.17) is 14.2 Å². The second-order valence-corrected chi connectivity index (χ2v) is 8.27. The Morgan fingerprint density at radius 2 is 1.87 bits per heavy atom. The average Bonchev–Trinajstić information content (AvgIpc) is 2.81. The van der Waals surface area contributed by atoms with Crippen molar-refractivity contribution in [1.29, 1.82) is 0 Å². The number of para-hydroxylation sites is 3. The molecule has 1 saturated heterocycles. The summed E-state index contributed by atoms with van der Waals surface area (Å²) in [6, 6.07) is 17.8. The summed E-state index contributed by atoms with van der Waals surface area (Å²) in [4.78, 5) is 17.4. The predicted octanol–water partition coefficient (Wildman–Crippen LogP) is 3.95. The highest BCUT2D eigenvalue weighted by molar-refractivity contribution is 5.93. The number of amides is 1. The molecule has 6 heteroatoms. The Kier molecular flexibility index (Phi) is 7.10. The summed E-state index contributed by atoms with van der Waals surface area (Å²) in [6.45, 7) is 4.74. The van der Waals surface area contributed by atoms with E-state index in [1.54, 1.807) is 7.11 Å². The molecule has 0 N–H and O–H groups in total. The van der Waals surface area contributed by atoms with Gasteiger partial charge in [0.1, 0.15) is 12.7 Å². The molecule has 31 heavy (non-hydrogen) atoms. The zero-order chi connectivity index (χ0) is 21.6. The van der Waals surface area contributed by atoms with Gasteiger partial charge in [-0.1, -0.05) is 37.3 Å². The van der Waals surface area contributed by atoms with Crippen LogP contribution in [0.1, 0.15) is 26.2 Å². The third-order valence-electron chi connectivity index (χ3n) is 6.10. The van der Waals surface area contributed by atoms with Gasteiger partial charge in [-0.15, -0.1) is 0 Å². The quantitative estimate of drug-likeness (QED) is 0.674. The molecule has 6 nitrogen and oxygen atoms in total. The van der Waals surface area contributed by atoms with Crippen molar-refractivity contribution in [2.75, 3.05) is 38.3 Å². The molecule has 0 bridgehead atoms. The Balaban J connectivity index is 1.57. The number of hydrogen-bond acceptors (Lipinski definition) is 5. The molecule has 0 aromatic heterocycles. The second kappa shape index (κ2) is 10.2. The summed E-state index contributed by atoms with van der Waals surface area (Å²) in [7, 11) is 1.75. The molecule has 2 aromatic rings. The van der Waals surface area contributed by atoms with E-state index < -0.39 is 0 Å². The van der Waals surface area contributed by atoms with Gasteiger partial charge in [0.2, 0.25) is 5.91 Å². The van der Waals surface area contributed by atoms with E-state index in [2.05, 4.69) is 4.90 Å². The Labute approximate surface area is 184 Å². The van der Waals surface area contributed by atoms with E-state index in [1.165, 1.54) is 0 Å². The number of fused-ring (bicyclic) bond motifs is 1. The predicted molar refractivity (Wildman–Crippen MR) is 121 cm³/mol. The van der Waals surface area contributed by atoms with Crippen molar-refractivity contribution < 1.29 is 19.0 Å². The summed E-state index contributed by atoms with van der Waals surface area (Å²) in [6.07, 6.45) is 2.26. The number of likely N-dealkylation sites (tertiary alicyclic amines) is 1. The summed E-state index contributed by atoms with van der Waals surface area (Å²) >= 11 is 0. The van der Waals surface area contributed by atoms with Crippen molar-refractivity contribution in [3.05, 3.63) is 54.6 Å². The topological polar surface area (TPSA) is 51.2 Å². The van der Waals surface area contributed by atoms with Crippen LogP contribution in [0.3, 0.4) is 0 Å². The molecule has 0 spiro atoms. The second-order valence-electron chi connectivity index (χ2n) is 8.27. The van der Waals surface area contributed by atoms with Gasteiger partial charge in [0.15, 0.2) is 11.5 Å². The average molecular weight is 425 g/mol. The largest absolute Gasteiger partial charge is 0.486 e. The minimum Gasteiger partial charge on any atom is -0.486 e. The normalized spacial score (nSPS) is 23.4. The van der Waals surface area contributed by atoms with Gasteiger partial charge in [-0.25, -0.2) is 0 Å². The van der Waals surface area contributed by atoms with Crippen LogP contribution in [0.5, 0.6) is 11.5 Å². The van der Waals surface area contributed by atoms with Crippen LogP contribution in [-0.2, 0) is 9.53 Å². The van der Waals surface area contributed by atoms with Crippen LogP contribution in [0.25, 0.3) is 0 Å². The number of hydrogen-bond donors (Lipinski definition) is 0. The van der Waals surface area contributed by atoms with E-state index in [-0.39, 0.29) is 18.2 Å². The van der Waals surface area contributed by atoms with Crippen LogP contribution in [-0.4, -0.2) is 56.5 Å². The first-order valence-corrected chi connectivity index (χ1v) is 11.2. The number of carbonyl (C=O) groups excluding carboxylic acids is 1. The molecule has 3 atom stereocenters. The van der Waals surface area contributed by atoms with Crippen LogP contribution < -0.4 is 14.4 Å². The molecule has 2 aliphatic heterocycles. The molecule has 2 aromatic carbocycles. The Hall–Kier alpha value is -2.57. The lowest BCUT2D eigenvalue weighted by Crippen LogP contribution is -2.58. The van der Waals surface area contributed by atoms with E-state index in [0.29, 0.717) is 32.1 Å². The molecular weight excluding hydrogens is 392 g/mol. The SMILES string of the molecule is CCC(=O)N(c1ccccc1)C1CC(COC)CCN1CC1COc2ccccc2O1. The molecule has 1 amide bonds. The van der Waals surface area contributed by atoms with E-state index >= 15 is 0 Å². The highest BCUT2D eigenvalue weighted by Gasteiger charge is 2.37. The lowest BCUT2D eigenvalue weighted by Gasteiger charge is -2.46. The maximum Gasteiger partial charge on any atom is 0.228 e. The van der Waals surface area contributed by atoms with E-state index in [0.717, 1.165) is 36.6 Å². The van der Waals surface area contributed by atoms with Crippen molar-refractivity contribution in [3.63, 3.8) is 0 Å². The fraction of sp³-hybridized carbons (Fsp3) is 0.480. The number of nitrogens with zero attached hydrogens (tertiary/aromatic N) is 2. The maximum atomic E-state index is 13.1. The van der Waals surface area contributed by atoms with Crippen LogP contribution in [0.4, 0.5) is 5.69 Å². The maximum absolute atomic E-state index is 13.1. The third kappa shape index (κ3) is 5.02. The van der Waals surface area contributed by atoms with Crippen molar-refractivity contribution >= 4 is 11.6 Å². The summed E-state index contributed by atoms with van der Waals surface area (Å²) in [5, 5.41) is 0. The molecular formula is C25H32N2O4. The smallest absolute Gasteiger partial charge is 0.228 e. The van der Waals surface area contributed by atoms with Crippen molar-refractivity contribution in [1.82, 2.24) is 4.90 Å². The summed E-state index contributed by atoms with van der Waals surface area (Å²) in [5.74, 6) is 2.13. The number of carbonyl (C=O) groups is 1. The third-order valence-corrected chi connectivity index (χ3v) is 6.10. The van der Waals surface area contributed by atoms with Crippen LogP contribution >= 0.6 is 0 Å². The molecule has 3 unspecified atom stereocenters. The zero-order valence-electron chi connectivity index (χ0n) is 18.4. The van der Waals surface area contributed by atoms with Gasteiger partial charge >= 0.3 is 0 Å². The number of rotatable bonds is 7. The van der Waals surface area contributed by atoms with Crippen molar-refractivity contribution in [3.8, 4) is 11.5 Å². The molecule has 1 fully saturated rings. The Morgan fingerprint density at radius 1 is 1.13 bits per heavy atom. The molecule has 2 heterocycles. The summed E-state index contributed by atoms with van der Waals surface area (Å²) in [5.41, 5.74) is 0.938. The van der Waals surface area contributed by atoms with Gasteiger partial charge in [-0.2, -0.15) is 0 Å². The monoisotopic (exact) mass is 424 g/mol. The lowest BCUT2D eigenvalue weighted by atomic mass is 9.93. The van der Waals surface area contributed by atoms with Gasteiger partial charge < -0.3 is 14.2 Å². The molecule has 166 valence electrons. The minimum absolute atomic E-state index is 0.0375. The lowest BCUT2D eigenvalue weighted by molar-refractivity contribution is -0.120. The molecule has 0 radical (unpaired) electrons. The van der Waals surface area contributed by atoms with E-state index in [1.807, 2.05) is 66.4 Å². The number of methoxy groups -OCH3 is 1. The van der Waals surface area contributed by atoms with Gasteiger partial charge in [0.05, 0.1) is 6.17 Å². The number of benzene rings is 2. The van der Waals surface area contributed by atoms with Crippen molar-refractivity contribution in [2.24, 2.45) is 5.92 Å². The molecule has 0 aliphatic carbocycles. The Morgan fingerprint density at radius 3 is 2.61 bits per heavy atom. The van der Waals surface area contributed by atoms with Crippen LogP contribution in [0.2, 0.25) is 0 Å². The first-order chi connectivity index (χ1) is 15.2. The number of anilines is 1. The van der Waals surface area contributed by atoms with Gasteiger partial charge in [-0.3, -0.25) is 14.6 Å². The van der Waals surface area contributed by atoms with Crippen molar-refractivity contribution in [2.45, 2.75) is 38.5 Å². The van der Waals surface area contributed by atoms with Crippen LogP contribution in [0, 0.1) is 5.92 Å². The van der Waals surface area contributed by atoms with Gasteiger partial charge in [0, 0.05) is 38.9 Å². The Bertz CT molecular complexity index is 860. The number of piperidine rings is 1. The van der Waals surface area contributed by atoms with E-state index in [9.17, 15) is 4.79 Å². The molecule has 4 rings (SSSR count). The highest BCUT2D eigenvalue weighted by Crippen LogP contribution is 2.33. The fourth-order valence-corrected chi connectivity index (χ4v) is 4.59. The first-order valence-electron chi connectivity index (χ1n) is 11.2. The first kappa shape index (κ1) is 21.7. The fourth-order valence-electron chi connectivity index (χ4n) is 4.59. The van der Waals surface area contributed by atoms with Crippen LogP contribution in [0.15, 0.2) is 54.6 Å². The van der Waals surface area contributed by atoms with Gasteiger partial charge in [-0.05, 0) is 43.0 Å². The zero-order valence-corrected chi connectivity index (χ0v) is 18.4. The minimum atomic E-state index is -0.0780. The molecule has 0 saturated carbocycles. The standard InChI is InChI=1S/C25H32N2O4/c1-3-25(28)27(20-9-5-4-6-10-20)24-15-19(17-29-2)13-14-26(24)16-21-18-30-22-11-7-8-12-23(22)31-21/h4-12,19,21,24H,3,13-18H2,1-2H3. The highest BCUT2D eigenvalue weighted by atomic mass is 16.6. The number of ether oxygens (including phenoxy) is 3. The summed E-state index contributed by atoms with van der Waals surface area (Å²) < 4.78 is 17.6.